The highest BCUT2D eigenvalue weighted by atomic mass is 127. The van der Waals surface area contributed by atoms with Gasteiger partial charge in [-0.25, -0.2) is 12.8 Å². The number of nitrogens with one attached hydrogen (secondary N) is 2. The summed E-state index contributed by atoms with van der Waals surface area (Å²) in [6, 6.07) is 13.8. The fourth-order valence-corrected chi connectivity index (χ4v) is 4.98. The number of guanidine groups is 1. The minimum Gasteiger partial charge on any atom is -0.356 e. The number of piperidine rings is 1. The number of hydrogen-bond acceptors (Lipinski definition) is 3. The van der Waals surface area contributed by atoms with Gasteiger partial charge in [-0.05, 0) is 55.0 Å². The van der Waals surface area contributed by atoms with Crippen LogP contribution >= 0.6 is 24.0 Å². The van der Waals surface area contributed by atoms with Gasteiger partial charge < -0.3 is 10.6 Å². The van der Waals surface area contributed by atoms with Crippen molar-refractivity contribution in [1.29, 1.82) is 0 Å². The van der Waals surface area contributed by atoms with Gasteiger partial charge in [0.15, 0.2) is 5.96 Å². The fraction of sp³-hybridized carbons (Fsp3) is 0.409. The molecule has 6 nitrogen and oxygen atoms in total. The van der Waals surface area contributed by atoms with Crippen molar-refractivity contribution in [3.05, 3.63) is 65.5 Å². The Labute approximate surface area is 201 Å². The summed E-state index contributed by atoms with van der Waals surface area (Å²) in [4.78, 5) is 4.56. The van der Waals surface area contributed by atoms with E-state index in [1.807, 2.05) is 12.1 Å². The third kappa shape index (κ3) is 6.88. The van der Waals surface area contributed by atoms with Crippen LogP contribution in [0.5, 0.6) is 0 Å². The normalized spacial score (nSPS) is 15.9. The van der Waals surface area contributed by atoms with Gasteiger partial charge in [-0.1, -0.05) is 30.3 Å². The zero-order valence-corrected chi connectivity index (χ0v) is 21.0. The Morgan fingerprint density at radius 1 is 1.13 bits per heavy atom. The molecule has 9 heteroatoms. The van der Waals surface area contributed by atoms with E-state index in [1.165, 1.54) is 6.07 Å². The smallest absolute Gasteiger partial charge is 0.243 e. The molecule has 0 radical (unpaired) electrons. The van der Waals surface area contributed by atoms with E-state index in [0.717, 1.165) is 18.4 Å². The summed E-state index contributed by atoms with van der Waals surface area (Å²) >= 11 is 0. The quantitative estimate of drug-likeness (QED) is 0.322. The lowest BCUT2D eigenvalue weighted by atomic mass is 9.98. The molecule has 1 fully saturated rings. The molecule has 31 heavy (non-hydrogen) atoms. The summed E-state index contributed by atoms with van der Waals surface area (Å²) in [5, 5.41) is 6.49. The molecule has 0 bridgehead atoms. The molecule has 0 spiro atoms. The summed E-state index contributed by atoms with van der Waals surface area (Å²) < 4.78 is 40.7. The summed E-state index contributed by atoms with van der Waals surface area (Å²) in [5.74, 6) is 0.798. The topological polar surface area (TPSA) is 73.8 Å². The zero-order chi connectivity index (χ0) is 21.6. The molecular weight excluding hydrogens is 530 g/mol. The molecule has 3 rings (SSSR count). The Kier molecular flexibility index (Phi) is 9.70. The summed E-state index contributed by atoms with van der Waals surface area (Å²) in [6.45, 7) is 3.95. The highest BCUT2D eigenvalue weighted by Gasteiger charge is 2.29. The van der Waals surface area contributed by atoms with Crippen LogP contribution in [-0.2, 0) is 16.6 Å². The molecule has 0 unspecified atom stereocenters. The molecule has 1 aliphatic rings. The Balaban J connectivity index is 0.00000341. The highest BCUT2D eigenvalue weighted by Crippen LogP contribution is 2.23. The third-order valence-electron chi connectivity index (χ3n) is 5.43. The van der Waals surface area contributed by atoms with E-state index in [-0.39, 0.29) is 29.8 Å². The molecular formula is C22H30FIN4O2S. The van der Waals surface area contributed by atoms with Gasteiger partial charge in [-0.15, -0.1) is 24.0 Å². The van der Waals surface area contributed by atoms with Gasteiger partial charge in [-0.3, -0.25) is 4.99 Å². The molecule has 2 N–H and O–H groups in total. The van der Waals surface area contributed by atoms with Gasteiger partial charge in [0.2, 0.25) is 10.0 Å². The van der Waals surface area contributed by atoms with Crippen molar-refractivity contribution in [2.75, 3.05) is 26.7 Å². The van der Waals surface area contributed by atoms with Crippen molar-refractivity contribution in [2.24, 2.45) is 10.9 Å². The van der Waals surface area contributed by atoms with E-state index >= 15 is 0 Å². The number of aliphatic imine (C=N–C) groups is 1. The summed E-state index contributed by atoms with van der Waals surface area (Å²) in [5.41, 5.74) is 1.47. The standard InChI is InChI=1S/C22H29FN4O2S.HI/c1-17-8-9-19(14-21(17)23)16-26-22(24-2)25-15-18-10-12-27(13-11-18)30(28,29)20-6-4-3-5-7-20;/h3-9,14,18H,10-13,15-16H2,1-2H3,(H2,24,25,26);1H. The SMILES string of the molecule is CN=C(NCc1ccc(C)c(F)c1)NCC1CCN(S(=O)(=O)c2ccccc2)CC1.I. The van der Waals surface area contributed by atoms with Gasteiger partial charge >= 0.3 is 0 Å². The molecule has 0 saturated carbocycles. The first-order valence-corrected chi connectivity index (χ1v) is 11.6. The second-order valence-corrected chi connectivity index (χ2v) is 9.49. The molecule has 0 atom stereocenters. The van der Waals surface area contributed by atoms with Crippen LogP contribution in [-0.4, -0.2) is 45.4 Å². The molecule has 1 saturated heterocycles. The molecule has 0 aliphatic carbocycles. The zero-order valence-electron chi connectivity index (χ0n) is 17.8. The molecule has 0 amide bonds. The maximum Gasteiger partial charge on any atom is 0.243 e. The maximum atomic E-state index is 13.7. The number of halogens is 2. The summed E-state index contributed by atoms with van der Waals surface area (Å²) in [6.07, 6.45) is 1.58. The number of rotatable bonds is 6. The van der Waals surface area contributed by atoms with Crippen LogP contribution < -0.4 is 10.6 Å². The van der Waals surface area contributed by atoms with Crippen LogP contribution in [0.1, 0.15) is 24.0 Å². The van der Waals surface area contributed by atoms with E-state index in [9.17, 15) is 12.8 Å². The van der Waals surface area contributed by atoms with Gasteiger partial charge in [0, 0.05) is 33.2 Å². The molecule has 2 aromatic carbocycles. The van der Waals surface area contributed by atoms with Crippen molar-refractivity contribution in [2.45, 2.75) is 31.2 Å². The van der Waals surface area contributed by atoms with Crippen LogP contribution in [0, 0.1) is 18.7 Å². The lowest BCUT2D eigenvalue weighted by Crippen LogP contribution is -2.44. The van der Waals surface area contributed by atoms with Crippen molar-refractivity contribution in [3.63, 3.8) is 0 Å². The van der Waals surface area contributed by atoms with Crippen molar-refractivity contribution >= 4 is 40.0 Å². The number of sulfonamides is 1. The van der Waals surface area contributed by atoms with Crippen molar-refractivity contribution in [3.8, 4) is 0 Å². The molecule has 0 aromatic heterocycles. The van der Waals surface area contributed by atoms with Crippen LogP contribution in [0.25, 0.3) is 0 Å². The van der Waals surface area contributed by atoms with Gasteiger partial charge in [0.25, 0.3) is 0 Å². The van der Waals surface area contributed by atoms with Gasteiger partial charge in [-0.2, -0.15) is 4.31 Å². The average molecular weight is 560 g/mol. The number of nitrogens with zero attached hydrogens (tertiary/aromatic N) is 2. The van der Waals surface area contributed by atoms with Gasteiger partial charge in [0.1, 0.15) is 5.82 Å². The minimum atomic E-state index is -3.42. The van der Waals surface area contributed by atoms with E-state index < -0.39 is 10.0 Å². The van der Waals surface area contributed by atoms with E-state index in [2.05, 4.69) is 15.6 Å². The lowest BCUT2D eigenvalue weighted by molar-refractivity contribution is 0.273. The Morgan fingerprint density at radius 3 is 2.42 bits per heavy atom. The largest absolute Gasteiger partial charge is 0.356 e. The van der Waals surface area contributed by atoms with Gasteiger partial charge in [0.05, 0.1) is 4.90 Å². The van der Waals surface area contributed by atoms with Crippen LogP contribution in [0.4, 0.5) is 4.39 Å². The van der Waals surface area contributed by atoms with Crippen LogP contribution in [0.15, 0.2) is 58.4 Å². The Hall–Kier alpha value is -1.72. The average Bonchev–Trinajstić information content (AvgIpc) is 2.77. The van der Waals surface area contributed by atoms with E-state index in [1.54, 1.807) is 48.6 Å². The fourth-order valence-electron chi connectivity index (χ4n) is 3.49. The number of benzene rings is 2. The lowest BCUT2D eigenvalue weighted by Gasteiger charge is -2.31. The second kappa shape index (κ2) is 11.8. The first-order valence-electron chi connectivity index (χ1n) is 10.1. The van der Waals surface area contributed by atoms with Crippen LogP contribution in [0.3, 0.4) is 0 Å². The number of hydrogen-bond donors (Lipinski definition) is 2. The predicted molar refractivity (Wildman–Crippen MR) is 133 cm³/mol. The van der Waals surface area contributed by atoms with Crippen molar-refractivity contribution in [1.82, 2.24) is 14.9 Å². The van der Waals surface area contributed by atoms with Crippen molar-refractivity contribution < 1.29 is 12.8 Å². The van der Waals surface area contributed by atoms with Crippen LogP contribution in [0.2, 0.25) is 0 Å². The van der Waals surface area contributed by atoms with E-state index in [0.29, 0.717) is 48.5 Å². The Morgan fingerprint density at radius 2 is 1.81 bits per heavy atom. The maximum absolute atomic E-state index is 13.7. The highest BCUT2D eigenvalue weighted by molar-refractivity contribution is 14.0. The molecule has 1 aliphatic heterocycles. The first-order chi connectivity index (χ1) is 14.4. The monoisotopic (exact) mass is 560 g/mol. The predicted octanol–water partition coefficient (Wildman–Crippen LogP) is 3.52. The Bertz CT molecular complexity index is 978. The minimum absolute atomic E-state index is 0. The first kappa shape index (κ1) is 25.5. The molecule has 170 valence electrons. The third-order valence-corrected chi connectivity index (χ3v) is 7.35. The second-order valence-electron chi connectivity index (χ2n) is 7.55. The molecule has 2 aromatic rings. The summed E-state index contributed by atoms with van der Waals surface area (Å²) in [7, 11) is -1.73. The molecule has 1 heterocycles. The number of aryl methyl sites for hydroxylation is 1. The van der Waals surface area contributed by atoms with E-state index in [4.69, 9.17) is 0 Å².